The molecule has 0 aromatic heterocycles. The number of allylic oxidation sites excluding steroid dienone is 13. The van der Waals surface area contributed by atoms with Crippen molar-refractivity contribution < 1.29 is 28.4 Å². The molecule has 0 aromatic rings. The summed E-state index contributed by atoms with van der Waals surface area (Å²) in [4.78, 5) is 22.5. The van der Waals surface area contributed by atoms with Crippen LogP contribution in [0.1, 0.15) is 110 Å². The van der Waals surface area contributed by atoms with Gasteiger partial charge in [0.25, 0.3) is 0 Å². The first-order chi connectivity index (χ1) is 22.4. The standard InChI is InChI=1S/C37H63N2O6P/c1-3-5-7-9-11-13-15-16-17-18-19-20-21-23-25-27-29-31-37(41)39-35(34-45-46(42,43)44-33-32-38)36(40)30-28-26-24-22-14-12-10-8-6-4-2/h5,7,11,13-14,16-17,19-20,22-23,25,28,30,35-36,40H,3-4,6,8-10,12,15,18,21,24,26-27,29,31-34,38H2,1-2H3,(H,39,41)(H,42,43)/b7-5-,13-11-,17-16-,20-19-,22-14+,25-23-,30-28+. The molecular weight excluding hydrogens is 599 g/mol. The molecule has 0 radical (unpaired) electrons. The molecule has 262 valence electrons. The number of carbonyl (C=O) groups is 1. The minimum absolute atomic E-state index is 0.0600. The highest BCUT2D eigenvalue weighted by Gasteiger charge is 2.26. The first kappa shape index (κ1) is 43.7. The van der Waals surface area contributed by atoms with E-state index in [4.69, 9.17) is 14.8 Å². The Morgan fingerprint density at radius 2 is 1.28 bits per heavy atom. The quantitative estimate of drug-likeness (QED) is 0.0344. The summed E-state index contributed by atoms with van der Waals surface area (Å²) in [5.74, 6) is -0.268. The molecule has 46 heavy (non-hydrogen) atoms. The average molecular weight is 663 g/mol. The second kappa shape index (κ2) is 32.6. The van der Waals surface area contributed by atoms with Crippen LogP contribution in [0.5, 0.6) is 0 Å². The molecule has 9 heteroatoms. The molecule has 0 spiro atoms. The first-order valence-electron chi connectivity index (χ1n) is 17.2. The van der Waals surface area contributed by atoms with Crippen LogP contribution in [0.2, 0.25) is 0 Å². The van der Waals surface area contributed by atoms with Crippen LogP contribution in [0.4, 0.5) is 0 Å². The molecular formula is C37H63N2O6P. The van der Waals surface area contributed by atoms with Crippen molar-refractivity contribution in [2.45, 2.75) is 122 Å². The molecule has 0 heterocycles. The molecule has 0 aliphatic heterocycles. The lowest BCUT2D eigenvalue weighted by Crippen LogP contribution is -2.45. The van der Waals surface area contributed by atoms with Gasteiger partial charge in [0.2, 0.25) is 5.91 Å². The first-order valence-corrected chi connectivity index (χ1v) is 18.7. The van der Waals surface area contributed by atoms with E-state index in [1.54, 1.807) is 6.08 Å². The molecule has 0 aromatic carbocycles. The van der Waals surface area contributed by atoms with Crippen LogP contribution in [0, 0.1) is 0 Å². The van der Waals surface area contributed by atoms with Crippen LogP contribution in [-0.2, 0) is 18.4 Å². The molecule has 0 saturated carbocycles. The minimum Gasteiger partial charge on any atom is -0.387 e. The van der Waals surface area contributed by atoms with Crippen molar-refractivity contribution in [3.8, 4) is 0 Å². The fourth-order valence-corrected chi connectivity index (χ4v) is 4.88. The zero-order chi connectivity index (χ0) is 34.0. The number of unbranched alkanes of at least 4 members (excludes halogenated alkanes) is 6. The lowest BCUT2D eigenvalue weighted by molar-refractivity contribution is -0.122. The van der Waals surface area contributed by atoms with Crippen molar-refractivity contribution in [3.63, 3.8) is 0 Å². The van der Waals surface area contributed by atoms with Crippen LogP contribution >= 0.6 is 7.82 Å². The molecule has 3 atom stereocenters. The van der Waals surface area contributed by atoms with Crippen molar-refractivity contribution in [3.05, 3.63) is 85.1 Å². The topological polar surface area (TPSA) is 131 Å². The van der Waals surface area contributed by atoms with Gasteiger partial charge in [0, 0.05) is 13.0 Å². The maximum Gasteiger partial charge on any atom is 0.472 e. The molecule has 5 N–H and O–H groups in total. The summed E-state index contributed by atoms with van der Waals surface area (Å²) in [5.41, 5.74) is 5.33. The van der Waals surface area contributed by atoms with E-state index in [0.717, 1.165) is 57.8 Å². The van der Waals surface area contributed by atoms with Gasteiger partial charge in [-0.2, -0.15) is 0 Å². The second-order valence-electron chi connectivity index (χ2n) is 11.0. The highest BCUT2D eigenvalue weighted by atomic mass is 31.2. The number of amides is 1. The Balaban J connectivity index is 4.53. The van der Waals surface area contributed by atoms with Gasteiger partial charge >= 0.3 is 7.82 Å². The van der Waals surface area contributed by atoms with E-state index < -0.39 is 20.0 Å². The van der Waals surface area contributed by atoms with E-state index >= 15 is 0 Å². The number of phosphoric acid groups is 1. The molecule has 8 nitrogen and oxygen atoms in total. The third kappa shape index (κ3) is 30.3. The summed E-state index contributed by atoms with van der Waals surface area (Å²) in [6, 6.07) is -0.909. The van der Waals surface area contributed by atoms with Crippen LogP contribution in [0.3, 0.4) is 0 Å². The molecule has 0 saturated heterocycles. The number of aliphatic hydroxyl groups excluding tert-OH is 1. The summed E-state index contributed by atoms with van der Waals surface area (Å²) in [7, 11) is -4.36. The van der Waals surface area contributed by atoms with Gasteiger partial charge in [-0.1, -0.05) is 118 Å². The summed E-state index contributed by atoms with van der Waals surface area (Å²) < 4.78 is 21.9. The van der Waals surface area contributed by atoms with Crippen LogP contribution in [-0.4, -0.2) is 47.8 Å². The lowest BCUT2D eigenvalue weighted by atomic mass is 10.1. The number of nitrogens with one attached hydrogen (secondary N) is 1. The van der Waals surface area contributed by atoms with Crippen LogP contribution in [0.25, 0.3) is 0 Å². The van der Waals surface area contributed by atoms with Crippen molar-refractivity contribution in [1.82, 2.24) is 5.32 Å². The maximum atomic E-state index is 12.6. The normalized spacial score (nSPS) is 15.5. The molecule has 0 bridgehead atoms. The molecule has 3 unspecified atom stereocenters. The number of carbonyl (C=O) groups excluding carboxylic acids is 1. The van der Waals surface area contributed by atoms with Gasteiger partial charge in [0.15, 0.2) is 0 Å². The highest BCUT2D eigenvalue weighted by Crippen LogP contribution is 2.43. The zero-order valence-corrected chi connectivity index (χ0v) is 29.4. The number of nitrogens with two attached hydrogens (primary N) is 1. The number of hydrogen-bond acceptors (Lipinski definition) is 6. The summed E-state index contributed by atoms with van der Waals surface area (Å²) in [6.45, 7) is 3.87. The Kier molecular flexibility index (Phi) is 31.0. The maximum absolute atomic E-state index is 12.6. The van der Waals surface area contributed by atoms with Gasteiger partial charge in [-0.3, -0.25) is 13.8 Å². The van der Waals surface area contributed by atoms with Crippen LogP contribution < -0.4 is 11.1 Å². The molecule has 0 aliphatic carbocycles. The molecule has 0 aliphatic rings. The second-order valence-corrected chi connectivity index (χ2v) is 12.4. The van der Waals surface area contributed by atoms with Gasteiger partial charge in [-0.15, -0.1) is 0 Å². The number of rotatable bonds is 30. The van der Waals surface area contributed by atoms with Gasteiger partial charge in [-0.25, -0.2) is 4.57 Å². The third-order valence-corrected chi connectivity index (χ3v) is 7.69. The summed E-state index contributed by atoms with van der Waals surface area (Å²) >= 11 is 0. The van der Waals surface area contributed by atoms with Crippen LogP contribution in [0.15, 0.2) is 85.1 Å². The SMILES string of the molecule is CC/C=C\C/C=C\C/C=C\C/C=C\C/C=C\CCCC(=O)NC(COP(=O)(O)OCCN)C(O)/C=C/CC/C=C/CCCCCC. The predicted octanol–water partition coefficient (Wildman–Crippen LogP) is 8.71. The number of aliphatic hydroxyl groups is 1. The Hall–Kier alpha value is -2.32. The predicted molar refractivity (Wildman–Crippen MR) is 193 cm³/mol. The minimum atomic E-state index is -4.36. The van der Waals surface area contributed by atoms with Gasteiger partial charge in [-0.05, 0) is 70.6 Å². The smallest absolute Gasteiger partial charge is 0.387 e. The Bertz CT molecular complexity index is 986. The Morgan fingerprint density at radius 3 is 1.89 bits per heavy atom. The number of hydrogen-bond donors (Lipinski definition) is 4. The Labute approximate surface area is 279 Å². The largest absolute Gasteiger partial charge is 0.472 e. The fourth-order valence-electron chi connectivity index (χ4n) is 4.12. The average Bonchev–Trinajstić information content (AvgIpc) is 3.04. The van der Waals surface area contributed by atoms with E-state index in [9.17, 15) is 19.4 Å². The Morgan fingerprint density at radius 1 is 0.739 bits per heavy atom. The molecule has 1 amide bonds. The molecule has 0 fully saturated rings. The van der Waals surface area contributed by atoms with E-state index in [2.05, 4.69) is 92.1 Å². The van der Waals surface area contributed by atoms with E-state index in [-0.39, 0.29) is 32.1 Å². The fraction of sp³-hybridized carbons (Fsp3) is 0.595. The van der Waals surface area contributed by atoms with Crippen molar-refractivity contribution in [2.75, 3.05) is 19.8 Å². The summed E-state index contributed by atoms with van der Waals surface area (Å²) in [6.07, 6.45) is 42.1. The molecule has 0 rings (SSSR count). The van der Waals surface area contributed by atoms with Gasteiger partial charge in [0.1, 0.15) is 0 Å². The van der Waals surface area contributed by atoms with Crippen molar-refractivity contribution in [1.29, 1.82) is 0 Å². The van der Waals surface area contributed by atoms with E-state index in [1.165, 1.54) is 25.7 Å². The van der Waals surface area contributed by atoms with E-state index in [0.29, 0.717) is 6.42 Å². The monoisotopic (exact) mass is 662 g/mol. The third-order valence-electron chi connectivity index (χ3n) is 6.70. The summed E-state index contributed by atoms with van der Waals surface area (Å²) in [5, 5.41) is 13.5. The van der Waals surface area contributed by atoms with Crippen molar-refractivity contribution >= 4 is 13.7 Å². The van der Waals surface area contributed by atoms with Crippen molar-refractivity contribution in [2.24, 2.45) is 5.73 Å². The lowest BCUT2D eigenvalue weighted by Gasteiger charge is -2.23. The van der Waals surface area contributed by atoms with Gasteiger partial charge in [0.05, 0.1) is 25.4 Å². The zero-order valence-electron chi connectivity index (χ0n) is 28.5. The number of phosphoric ester groups is 1. The highest BCUT2D eigenvalue weighted by molar-refractivity contribution is 7.47. The van der Waals surface area contributed by atoms with E-state index in [1.807, 2.05) is 6.08 Å². The van der Waals surface area contributed by atoms with Gasteiger partial charge < -0.3 is 21.1 Å².